The van der Waals surface area contributed by atoms with Crippen LogP contribution in [0.2, 0.25) is 0 Å². The van der Waals surface area contributed by atoms with E-state index >= 15 is 0 Å². The molecule has 4 nitrogen and oxygen atoms in total. The predicted molar refractivity (Wildman–Crippen MR) is 92.6 cm³/mol. The van der Waals surface area contributed by atoms with Crippen LogP contribution in [0.3, 0.4) is 0 Å². The van der Waals surface area contributed by atoms with Crippen LogP contribution in [0.4, 0.5) is 8.78 Å². The number of hydrogen-bond donors (Lipinski definition) is 1. The molecule has 0 aliphatic carbocycles. The van der Waals surface area contributed by atoms with Crippen molar-refractivity contribution >= 4 is 11.8 Å². The highest BCUT2D eigenvalue weighted by molar-refractivity contribution is 7.98. The maximum absolute atomic E-state index is 13.9. The van der Waals surface area contributed by atoms with Gasteiger partial charge in [-0.25, -0.2) is 13.8 Å². The van der Waals surface area contributed by atoms with Gasteiger partial charge < -0.3 is 4.98 Å². The zero-order chi connectivity index (χ0) is 17.8. The largest absolute Gasteiger partial charge is 0.301 e. The van der Waals surface area contributed by atoms with E-state index in [1.165, 1.54) is 30.0 Å². The first-order valence-electron chi connectivity index (χ1n) is 7.59. The topological polar surface area (TPSA) is 58.6 Å². The van der Waals surface area contributed by atoms with Crippen LogP contribution in [-0.2, 0) is 12.2 Å². The molecule has 0 spiro atoms. The fraction of sp³-hybridized carbons (Fsp3) is 0.167. The van der Waals surface area contributed by atoms with Gasteiger partial charge in [-0.3, -0.25) is 9.78 Å². The molecule has 0 unspecified atom stereocenters. The van der Waals surface area contributed by atoms with E-state index in [9.17, 15) is 13.6 Å². The van der Waals surface area contributed by atoms with Crippen molar-refractivity contribution in [2.45, 2.75) is 24.3 Å². The molecule has 2 aromatic heterocycles. The third-order valence-corrected chi connectivity index (χ3v) is 4.71. The van der Waals surface area contributed by atoms with E-state index in [0.29, 0.717) is 22.2 Å². The Bertz CT molecular complexity index is 925. The normalized spacial score (nSPS) is 10.8. The number of nitrogens with zero attached hydrogens (tertiary/aromatic N) is 2. The minimum atomic E-state index is -0.646. The van der Waals surface area contributed by atoms with Gasteiger partial charge >= 0.3 is 0 Å². The lowest BCUT2D eigenvalue weighted by atomic mass is 10.1. The highest BCUT2D eigenvalue weighted by Gasteiger charge is 2.14. The van der Waals surface area contributed by atoms with Gasteiger partial charge in [0.05, 0.1) is 5.69 Å². The fourth-order valence-corrected chi connectivity index (χ4v) is 3.13. The zero-order valence-electron chi connectivity index (χ0n) is 13.4. The Morgan fingerprint density at radius 3 is 2.48 bits per heavy atom. The average Bonchev–Trinajstić information content (AvgIpc) is 2.61. The SMILES string of the molecule is Cc1c(Cc2c(F)cccc2F)nc(SCc2ccncc2)[nH]c1=O. The minimum absolute atomic E-state index is 0.0723. The molecule has 3 aromatic rings. The van der Waals surface area contributed by atoms with Crippen molar-refractivity contribution in [2.24, 2.45) is 0 Å². The summed E-state index contributed by atoms with van der Waals surface area (Å²) in [5.74, 6) is -0.692. The fourth-order valence-electron chi connectivity index (χ4n) is 2.30. The van der Waals surface area contributed by atoms with Crippen molar-refractivity contribution in [3.05, 3.63) is 87.1 Å². The van der Waals surface area contributed by atoms with Gasteiger partial charge in [-0.05, 0) is 36.8 Å². The highest BCUT2D eigenvalue weighted by Crippen LogP contribution is 2.21. The first-order chi connectivity index (χ1) is 12.0. The molecule has 128 valence electrons. The van der Waals surface area contributed by atoms with Crippen LogP contribution in [0, 0.1) is 18.6 Å². The molecule has 7 heteroatoms. The standard InChI is InChI=1S/C18H15F2N3OS/c1-11-16(9-13-14(19)3-2-4-15(13)20)22-18(23-17(11)24)25-10-12-5-7-21-8-6-12/h2-8H,9-10H2,1H3,(H,22,23,24). The van der Waals surface area contributed by atoms with Crippen molar-refractivity contribution in [1.29, 1.82) is 0 Å². The van der Waals surface area contributed by atoms with Gasteiger partial charge in [0, 0.05) is 35.7 Å². The Labute approximate surface area is 147 Å². The number of hydrogen-bond acceptors (Lipinski definition) is 4. The second kappa shape index (κ2) is 7.57. The molecule has 0 aliphatic heterocycles. The Morgan fingerprint density at radius 1 is 1.12 bits per heavy atom. The number of nitrogens with one attached hydrogen (secondary N) is 1. The van der Waals surface area contributed by atoms with E-state index in [2.05, 4.69) is 15.0 Å². The minimum Gasteiger partial charge on any atom is -0.301 e. The van der Waals surface area contributed by atoms with Gasteiger partial charge in [0.25, 0.3) is 5.56 Å². The Balaban J connectivity index is 1.87. The quantitative estimate of drug-likeness (QED) is 0.558. The van der Waals surface area contributed by atoms with E-state index < -0.39 is 11.6 Å². The summed E-state index contributed by atoms with van der Waals surface area (Å²) in [6.07, 6.45) is 3.30. The number of thioether (sulfide) groups is 1. The smallest absolute Gasteiger partial charge is 0.254 e. The lowest BCUT2D eigenvalue weighted by Crippen LogP contribution is -2.16. The summed E-state index contributed by atoms with van der Waals surface area (Å²) in [7, 11) is 0. The van der Waals surface area contributed by atoms with Gasteiger partial charge in [-0.2, -0.15) is 0 Å². The Hall–Kier alpha value is -2.54. The molecule has 0 aliphatic rings. The maximum atomic E-state index is 13.9. The maximum Gasteiger partial charge on any atom is 0.254 e. The van der Waals surface area contributed by atoms with Crippen LogP contribution in [-0.4, -0.2) is 15.0 Å². The summed E-state index contributed by atoms with van der Waals surface area (Å²) in [6, 6.07) is 7.44. The number of rotatable bonds is 5. The van der Waals surface area contributed by atoms with Crippen molar-refractivity contribution in [1.82, 2.24) is 15.0 Å². The molecule has 1 N–H and O–H groups in total. The van der Waals surface area contributed by atoms with Crippen LogP contribution in [0.25, 0.3) is 0 Å². The summed E-state index contributed by atoms with van der Waals surface area (Å²) < 4.78 is 27.7. The summed E-state index contributed by atoms with van der Waals surface area (Å²) in [5.41, 5.74) is 1.36. The number of halogens is 2. The van der Waals surface area contributed by atoms with E-state index in [1.54, 1.807) is 19.3 Å². The van der Waals surface area contributed by atoms with Crippen molar-refractivity contribution in [3.8, 4) is 0 Å². The molecule has 3 rings (SSSR count). The summed E-state index contributed by atoms with van der Waals surface area (Å²) in [6.45, 7) is 1.59. The summed E-state index contributed by atoms with van der Waals surface area (Å²) in [5, 5.41) is 0.416. The average molecular weight is 359 g/mol. The van der Waals surface area contributed by atoms with Crippen molar-refractivity contribution < 1.29 is 8.78 Å². The lowest BCUT2D eigenvalue weighted by Gasteiger charge is -2.09. The molecule has 0 radical (unpaired) electrons. The number of aromatic amines is 1. The third kappa shape index (κ3) is 4.11. The first-order valence-corrected chi connectivity index (χ1v) is 8.57. The van der Waals surface area contributed by atoms with Crippen LogP contribution in [0.1, 0.15) is 22.4 Å². The van der Waals surface area contributed by atoms with Gasteiger partial charge in [0.1, 0.15) is 11.6 Å². The molecule has 0 saturated heterocycles. The van der Waals surface area contributed by atoms with Gasteiger partial charge in [-0.15, -0.1) is 0 Å². The second-order valence-electron chi connectivity index (χ2n) is 5.46. The van der Waals surface area contributed by atoms with Crippen LogP contribution >= 0.6 is 11.8 Å². The van der Waals surface area contributed by atoms with Gasteiger partial charge in [-0.1, -0.05) is 17.8 Å². The number of pyridine rings is 1. The molecule has 25 heavy (non-hydrogen) atoms. The van der Waals surface area contributed by atoms with E-state index in [0.717, 1.165) is 5.56 Å². The van der Waals surface area contributed by atoms with Crippen LogP contribution < -0.4 is 5.56 Å². The molecule has 0 amide bonds. The summed E-state index contributed by atoms with van der Waals surface area (Å²) in [4.78, 5) is 23.2. The van der Waals surface area contributed by atoms with Crippen molar-refractivity contribution in [3.63, 3.8) is 0 Å². The summed E-state index contributed by atoms with van der Waals surface area (Å²) >= 11 is 1.35. The second-order valence-corrected chi connectivity index (χ2v) is 6.43. The number of benzene rings is 1. The monoisotopic (exact) mass is 359 g/mol. The first kappa shape index (κ1) is 17.3. The van der Waals surface area contributed by atoms with E-state index in [4.69, 9.17) is 0 Å². The van der Waals surface area contributed by atoms with Crippen LogP contribution in [0.5, 0.6) is 0 Å². The predicted octanol–water partition coefficient (Wildman–Crippen LogP) is 3.63. The molecule has 1 aromatic carbocycles. The molecule has 0 saturated carbocycles. The molecule has 2 heterocycles. The highest BCUT2D eigenvalue weighted by atomic mass is 32.2. The van der Waals surface area contributed by atoms with E-state index in [-0.39, 0.29) is 17.5 Å². The van der Waals surface area contributed by atoms with E-state index in [1.807, 2.05) is 12.1 Å². The molecule has 0 bridgehead atoms. The lowest BCUT2D eigenvalue weighted by molar-refractivity contribution is 0.559. The molecule has 0 atom stereocenters. The molecular formula is C18H15F2N3OS. The molecule has 0 fully saturated rings. The van der Waals surface area contributed by atoms with Crippen LogP contribution in [0.15, 0.2) is 52.7 Å². The zero-order valence-corrected chi connectivity index (χ0v) is 14.2. The third-order valence-electron chi connectivity index (χ3n) is 3.76. The van der Waals surface area contributed by atoms with Crippen molar-refractivity contribution in [2.75, 3.05) is 0 Å². The Morgan fingerprint density at radius 2 is 1.80 bits per heavy atom. The number of aromatic nitrogens is 3. The van der Waals surface area contributed by atoms with Gasteiger partial charge in [0.2, 0.25) is 0 Å². The Kier molecular flexibility index (Phi) is 5.23. The number of H-pyrrole nitrogens is 1. The molecular weight excluding hydrogens is 344 g/mol. The van der Waals surface area contributed by atoms with Gasteiger partial charge in [0.15, 0.2) is 5.16 Å².